The zero-order valence-electron chi connectivity index (χ0n) is 13.8. The normalized spacial score (nSPS) is 11.5. The van der Waals surface area contributed by atoms with Gasteiger partial charge >= 0.3 is 0 Å². The summed E-state index contributed by atoms with van der Waals surface area (Å²) >= 11 is 1.30. The fraction of sp³-hybridized carbons (Fsp3) is 0.333. The number of hydrogen-bond donors (Lipinski definition) is 1. The smallest absolute Gasteiger partial charge is 0.237 e. The predicted octanol–water partition coefficient (Wildman–Crippen LogP) is 3.81. The maximum Gasteiger partial charge on any atom is 0.237 e. The molecule has 24 heavy (non-hydrogen) atoms. The Bertz CT molecular complexity index is 728. The number of pyridine rings is 2. The molecule has 0 aromatic carbocycles. The number of aryl methyl sites for hydroxylation is 1. The van der Waals surface area contributed by atoms with Gasteiger partial charge in [0.15, 0.2) is 0 Å². The Labute approximate surface area is 146 Å². The summed E-state index contributed by atoms with van der Waals surface area (Å²) in [5.41, 5.74) is 2.11. The van der Waals surface area contributed by atoms with Crippen LogP contribution in [0.2, 0.25) is 0 Å². The molecule has 0 saturated carbocycles. The van der Waals surface area contributed by atoms with E-state index < -0.39 is 0 Å². The number of nitriles is 1. The summed E-state index contributed by atoms with van der Waals surface area (Å²) in [4.78, 5) is 20.8. The second-order valence-corrected chi connectivity index (χ2v) is 6.69. The van der Waals surface area contributed by atoms with E-state index in [1.165, 1.54) is 11.8 Å². The Hall–Kier alpha value is -2.39. The summed E-state index contributed by atoms with van der Waals surface area (Å²) in [6.07, 6.45) is 6.28. The van der Waals surface area contributed by atoms with Crippen molar-refractivity contribution >= 4 is 23.4 Å². The fourth-order valence-electron chi connectivity index (χ4n) is 2.05. The van der Waals surface area contributed by atoms with Gasteiger partial charge in [0.1, 0.15) is 11.1 Å². The van der Waals surface area contributed by atoms with Crippen LogP contribution < -0.4 is 5.32 Å². The van der Waals surface area contributed by atoms with E-state index in [-0.39, 0.29) is 11.2 Å². The highest BCUT2D eigenvalue weighted by Crippen LogP contribution is 2.26. The molecule has 2 rings (SSSR count). The molecule has 1 atom stereocenters. The number of thioether (sulfide) groups is 1. The van der Waals surface area contributed by atoms with Crippen LogP contribution in [0.3, 0.4) is 0 Å². The Morgan fingerprint density at radius 1 is 1.42 bits per heavy atom. The molecule has 0 aliphatic rings. The molecule has 0 saturated heterocycles. The summed E-state index contributed by atoms with van der Waals surface area (Å²) in [5.74, 6) is -0.141. The van der Waals surface area contributed by atoms with Gasteiger partial charge in [-0.3, -0.25) is 9.78 Å². The molecular formula is C18H20N4OS. The molecule has 2 aromatic heterocycles. The molecule has 0 aliphatic heterocycles. The average molecular weight is 340 g/mol. The molecule has 6 heteroatoms. The molecular weight excluding hydrogens is 320 g/mol. The van der Waals surface area contributed by atoms with Gasteiger partial charge in [0.05, 0.1) is 22.7 Å². The second-order valence-electron chi connectivity index (χ2n) is 5.36. The minimum Gasteiger partial charge on any atom is -0.324 e. The molecule has 0 fully saturated rings. The largest absolute Gasteiger partial charge is 0.324 e. The lowest BCUT2D eigenvalue weighted by molar-refractivity contribution is -0.115. The van der Waals surface area contributed by atoms with Gasteiger partial charge in [-0.25, -0.2) is 4.98 Å². The van der Waals surface area contributed by atoms with Gasteiger partial charge < -0.3 is 5.32 Å². The van der Waals surface area contributed by atoms with Crippen molar-refractivity contribution < 1.29 is 4.79 Å². The first-order valence-corrected chi connectivity index (χ1v) is 8.79. The molecule has 1 unspecified atom stereocenters. The number of aromatic nitrogens is 2. The van der Waals surface area contributed by atoms with Crippen LogP contribution in [0.1, 0.15) is 37.9 Å². The number of carbonyl (C=O) groups is 1. The fourth-order valence-corrected chi connectivity index (χ4v) is 2.96. The first-order chi connectivity index (χ1) is 11.6. The van der Waals surface area contributed by atoms with Gasteiger partial charge in [-0.1, -0.05) is 25.1 Å². The van der Waals surface area contributed by atoms with Crippen molar-refractivity contribution in [2.45, 2.75) is 43.4 Å². The molecule has 124 valence electrons. The number of unbranched alkanes of at least 4 members (excludes halogenated alkanes) is 1. The van der Waals surface area contributed by atoms with E-state index in [9.17, 15) is 10.1 Å². The third-order valence-corrected chi connectivity index (χ3v) is 4.51. The Kier molecular flexibility index (Phi) is 6.76. The Morgan fingerprint density at radius 2 is 2.25 bits per heavy atom. The molecule has 1 N–H and O–H groups in total. The van der Waals surface area contributed by atoms with Crippen molar-refractivity contribution in [3.63, 3.8) is 0 Å². The number of amides is 1. The zero-order chi connectivity index (χ0) is 17.4. The quantitative estimate of drug-likeness (QED) is 0.775. The minimum absolute atomic E-state index is 0.141. The van der Waals surface area contributed by atoms with Crippen LogP contribution in [0.15, 0.2) is 41.7 Å². The van der Waals surface area contributed by atoms with Gasteiger partial charge in [-0.15, -0.1) is 0 Å². The SMILES string of the molecule is CCCCc1ccc(C#N)c(SC(C)C(=O)Nc2cccnc2)n1. The third-order valence-electron chi connectivity index (χ3n) is 3.41. The minimum atomic E-state index is -0.369. The number of anilines is 1. The highest BCUT2D eigenvalue weighted by Gasteiger charge is 2.18. The van der Waals surface area contributed by atoms with Crippen LogP contribution in [0.5, 0.6) is 0 Å². The molecule has 0 spiro atoms. The van der Waals surface area contributed by atoms with Crippen LogP contribution in [0.4, 0.5) is 5.69 Å². The van der Waals surface area contributed by atoms with Gasteiger partial charge in [-0.2, -0.15) is 5.26 Å². The highest BCUT2D eigenvalue weighted by molar-refractivity contribution is 8.00. The number of nitrogens with one attached hydrogen (secondary N) is 1. The number of rotatable bonds is 7. The van der Waals surface area contributed by atoms with Crippen molar-refractivity contribution in [1.82, 2.24) is 9.97 Å². The van der Waals surface area contributed by atoms with Crippen molar-refractivity contribution in [3.8, 4) is 6.07 Å². The third kappa shape index (κ3) is 5.07. The van der Waals surface area contributed by atoms with Gasteiger partial charge in [0, 0.05) is 11.9 Å². The van der Waals surface area contributed by atoms with E-state index in [1.807, 2.05) is 6.07 Å². The molecule has 0 radical (unpaired) electrons. The van der Waals surface area contributed by atoms with E-state index in [0.717, 1.165) is 25.0 Å². The molecule has 5 nitrogen and oxygen atoms in total. The van der Waals surface area contributed by atoms with Crippen LogP contribution in [0, 0.1) is 11.3 Å². The number of hydrogen-bond acceptors (Lipinski definition) is 5. The van der Waals surface area contributed by atoms with E-state index in [0.29, 0.717) is 16.3 Å². The molecule has 1 amide bonds. The summed E-state index contributed by atoms with van der Waals surface area (Å²) in [5, 5.41) is 12.3. The van der Waals surface area contributed by atoms with Crippen molar-refractivity contribution in [2.75, 3.05) is 5.32 Å². The standard InChI is InChI=1S/C18H20N4OS/c1-3-4-6-15-9-8-14(11-19)18(22-15)24-13(2)17(23)21-16-7-5-10-20-12-16/h5,7-10,12-13H,3-4,6H2,1-2H3,(H,21,23). The van der Waals surface area contributed by atoms with Crippen LogP contribution in [0.25, 0.3) is 0 Å². The van der Waals surface area contributed by atoms with Crippen LogP contribution in [-0.2, 0) is 11.2 Å². The molecule has 0 aliphatic carbocycles. The average Bonchev–Trinajstić information content (AvgIpc) is 2.61. The highest BCUT2D eigenvalue weighted by atomic mass is 32.2. The van der Waals surface area contributed by atoms with Gasteiger partial charge in [-0.05, 0) is 44.0 Å². The first kappa shape index (κ1) is 18.0. The van der Waals surface area contributed by atoms with E-state index in [4.69, 9.17) is 0 Å². The van der Waals surface area contributed by atoms with E-state index in [2.05, 4.69) is 28.3 Å². The maximum absolute atomic E-state index is 12.3. The Morgan fingerprint density at radius 3 is 2.92 bits per heavy atom. The summed E-state index contributed by atoms with van der Waals surface area (Å²) in [6.45, 7) is 3.93. The van der Waals surface area contributed by atoms with Gasteiger partial charge in [0.2, 0.25) is 5.91 Å². The van der Waals surface area contributed by atoms with Gasteiger partial charge in [0.25, 0.3) is 0 Å². The lowest BCUT2D eigenvalue weighted by atomic mass is 10.2. The van der Waals surface area contributed by atoms with E-state index in [1.54, 1.807) is 37.5 Å². The number of nitrogens with zero attached hydrogens (tertiary/aromatic N) is 3. The summed E-state index contributed by atoms with van der Waals surface area (Å²) in [7, 11) is 0. The molecule has 0 bridgehead atoms. The second kappa shape index (κ2) is 9.04. The van der Waals surface area contributed by atoms with Crippen molar-refractivity contribution in [2.24, 2.45) is 0 Å². The maximum atomic E-state index is 12.3. The topological polar surface area (TPSA) is 78.7 Å². The van der Waals surface area contributed by atoms with Crippen LogP contribution in [-0.4, -0.2) is 21.1 Å². The summed E-state index contributed by atoms with van der Waals surface area (Å²) < 4.78 is 0. The van der Waals surface area contributed by atoms with Crippen molar-refractivity contribution in [3.05, 3.63) is 47.9 Å². The van der Waals surface area contributed by atoms with Crippen LogP contribution >= 0.6 is 11.8 Å². The predicted molar refractivity (Wildman–Crippen MR) is 95.7 cm³/mol. The van der Waals surface area contributed by atoms with E-state index >= 15 is 0 Å². The molecule has 2 aromatic rings. The monoisotopic (exact) mass is 340 g/mol. The lowest BCUT2D eigenvalue weighted by Crippen LogP contribution is -2.22. The Balaban J connectivity index is 2.08. The molecule has 2 heterocycles. The first-order valence-electron chi connectivity index (χ1n) is 7.91. The zero-order valence-corrected chi connectivity index (χ0v) is 14.6. The lowest BCUT2D eigenvalue weighted by Gasteiger charge is -2.13. The van der Waals surface area contributed by atoms with Crippen molar-refractivity contribution in [1.29, 1.82) is 5.26 Å². The summed E-state index contributed by atoms with van der Waals surface area (Å²) in [6, 6.07) is 9.37. The number of carbonyl (C=O) groups excluding carboxylic acids is 1.